The SMILES string of the molecule is CC1CC(C(=O)N(C)C(C)c2cccs2)(C(N)=S)C1. The summed E-state index contributed by atoms with van der Waals surface area (Å²) in [4.78, 5) is 16.1. The van der Waals surface area contributed by atoms with Crippen LogP contribution in [0.25, 0.3) is 0 Å². The standard InChI is InChI=1S/C14H20N2OS2/c1-9-7-14(8-9,12(15)18)13(17)16(3)10(2)11-5-4-6-19-11/h4-6,9-10H,7-8H2,1-3H3,(H2,15,18). The first kappa shape index (κ1) is 14.5. The van der Waals surface area contributed by atoms with Crippen molar-refractivity contribution in [2.75, 3.05) is 7.05 Å². The normalized spacial score (nSPS) is 27.4. The molecule has 5 heteroatoms. The lowest BCUT2D eigenvalue weighted by Crippen LogP contribution is -2.56. The highest BCUT2D eigenvalue weighted by Crippen LogP contribution is 2.47. The van der Waals surface area contributed by atoms with Gasteiger partial charge in [-0.1, -0.05) is 25.2 Å². The molecule has 2 rings (SSSR count). The zero-order valence-electron chi connectivity index (χ0n) is 11.6. The summed E-state index contributed by atoms with van der Waals surface area (Å²) in [5.41, 5.74) is 5.24. The summed E-state index contributed by atoms with van der Waals surface area (Å²) >= 11 is 6.81. The predicted octanol–water partition coefficient (Wildman–Crippen LogP) is 2.97. The van der Waals surface area contributed by atoms with E-state index in [0.717, 1.165) is 12.8 Å². The fourth-order valence-electron chi connectivity index (χ4n) is 2.84. The molecule has 1 aromatic heterocycles. The van der Waals surface area contributed by atoms with E-state index in [9.17, 15) is 4.79 Å². The maximum Gasteiger partial charge on any atom is 0.235 e. The highest BCUT2D eigenvalue weighted by molar-refractivity contribution is 7.80. The van der Waals surface area contributed by atoms with Gasteiger partial charge in [-0.25, -0.2) is 0 Å². The topological polar surface area (TPSA) is 46.3 Å². The van der Waals surface area contributed by atoms with Crippen molar-refractivity contribution in [3.63, 3.8) is 0 Å². The molecule has 1 amide bonds. The van der Waals surface area contributed by atoms with E-state index in [1.807, 2.05) is 25.4 Å². The third kappa shape index (κ3) is 2.41. The number of hydrogen-bond acceptors (Lipinski definition) is 3. The summed E-state index contributed by atoms with van der Waals surface area (Å²) in [6.45, 7) is 4.17. The van der Waals surface area contributed by atoms with Crippen LogP contribution in [0.2, 0.25) is 0 Å². The van der Waals surface area contributed by atoms with Gasteiger partial charge in [0.2, 0.25) is 5.91 Å². The van der Waals surface area contributed by atoms with Crippen molar-refractivity contribution in [2.24, 2.45) is 17.1 Å². The number of nitrogens with two attached hydrogens (primary N) is 1. The van der Waals surface area contributed by atoms with Crippen molar-refractivity contribution in [1.82, 2.24) is 4.90 Å². The molecule has 1 saturated carbocycles. The fourth-order valence-corrected chi connectivity index (χ4v) is 3.92. The molecule has 1 aromatic rings. The maximum atomic E-state index is 12.7. The molecule has 1 atom stereocenters. The lowest BCUT2D eigenvalue weighted by Gasteiger charge is -2.46. The van der Waals surface area contributed by atoms with E-state index in [1.165, 1.54) is 4.88 Å². The van der Waals surface area contributed by atoms with Crippen LogP contribution in [0.4, 0.5) is 0 Å². The number of rotatable bonds is 4. The number of thiocarbonyl (C=S) groups is 1. The molecular formula is C14H20N2OS2. The van der Waals surface area contributed by atoms with Crippen molar-refractivity contribution in [1.29, 1.82) is 0 Å². The third-order valence-electron chi connectivity index (χ3n) is 4.13. The molecule has 1 aliphatic carbocycles. The van der Waals surface area contributed by atoms with Gasteiger partial charge in [-0.2, -0.15) is 0 Å². The lowest BCUT2D eigenvalue weighted by atomic mass is 9.61. The summed E-state index contributed by atoms with van der Waals surface area (Å²) in [5.74, 6) is 0.592. The van der Waals surface area contributed by atoms with E-state index in [4.69, 9.17) is 18.0 Å². The van der Waals surface area contributed by atoms with Crippen LogP contribution in [0.15, 0.2) is 17.5 Å². The van der Waals surface area contributed by atoms with Gasteiger partial charge in [-0.05, 0) is 37.1 Å². The van der Waals surface area contributed by atoms with E-state index < -0.39 is 5.41 Å². The lowest BCUT2D eigenvalue weighted by molar-refractivity contribution is -0.144. The van der Waals surface area contributed by atoms with Crippen molar-refractivity contribution in [3.8, 4) is 0 Å². The third-order valence-corrected chi connectivity index (χ3v) is 5.56. The van der Waals surface area contributed by atoms with Crippen LogP contribution >= 0.6 is 23.6 Å². The van der Waals surface area contributed by atoms with Crippen molar-refractivity contribution in [3.05, 3.63) is 22.4 Å². The summed E-state index contributed by atoms with van der Waals surface area (Å²) in [6, 6.07) is 4.12. The van der Waals surface area contributed by atoms with E-state index in [-0.39, 0.29) is 11.9 Å². The quantitative estimate of drug-likeness (QED) is 0.869. The minimum atomic E-state index is -0.602. The van der Waals surface area contributed by atoms with Crippen molar-refractivity contribution >= 4 is 34.5 Å². The minimum absolute atomic E-state index is 0.0645. The zero-order chi connectivity index (χ0) is 14.2. The first-order valence-corrected chi connectivity index (χ1v) is 7.78. The van der Waals surface area contributed by atoms with Gasteiger partial charge in [0.05, 0.1) is 16.4 Å². The van der Waals surface area contributed by atoms with E-state index in [1.54, 1.807) is 16.2 Å². The van der Waals surface area contributed by atoms with E-state index >= 15 is 0 Å². The molecule has 0 aliphatic heterocycles. The first-order chi connectivity index (χ1) is 8.88. The Morgan fingerprint density at radius 2 is 2.26 bits per heavy atom. The Hall–Kier alpha value is -0.940. The second-order valence-electron chi connectivity index (χ2n) is 5.57. The van der Waals surface area contributed by atoms with Gasteiger partial charge in [-0.15, -0.1) is 11.3 Å². The average molecular weight is 296 g/mol. The largest absolute Gasteiger partial charge is 0.392 e. The number of hydrogen-bond donors (Lipinski definition) is 1. The van der Waals surface area contributed by atoms with Gasteiger partial charge in [0, 0.05) is 11.9 Å². The molecule has 19 heavy (non-hydrogen) atoms. The molecule has 1 heterocycles. The first-order valence-electron chi connectivity index (χ1n) is 6.49. The molecule has 1 fully saturated rings. The van der Waals surface area contributed by atoms with Gasteiger partial charge in [0.25, 0.3) is 0 Å². The van der Waals surface area contributed by atoms with Crippen LogP contribution in [0.5, 0.6) is 0 Å². The Balaban J connectivity index is 2.17. The van der Waals surface area contributed by atoms with Crippen LogP contribution in [0.1, 0.15) is 37.6 Å². The monoisotopic (exact) mass is 296 g/mol. The Bertz CT molecular complexity index is 478. The van der Waals surface area contributed by atoms with Crippen LogP contribution < -0.4 is 5.73 Å². The number of nitrogens with zero attached hydrogens (tertiary/aromatic N) is 1. The summed E-state index contributed by atoms with van der Waals surface area (Å²) in [5, 5.41) is 2.03. The van der Waals surface area contributed by atoms with Crippen LogP contribution in [-0.4, -0.2) is 22.8 Å². The summed E-state index contributed by atoms with van der Waals surface area (Å²) < 4.78 is 0. The van der Waals surface area contributed by atoms with Crippen LogP contribution in [0.3, 0.4) is 0 Å². The molecule has 104 valence electrons. The van der Waals surface area contributed by atoms with Crippen molar-refractivity contribution < 1.29 is 4.79 Å². The number of carbonyl (C=O) groups is 1. The Kier molecular flexibility index (Phi) is 3.97. The fraction of sp³-hybridized carbons (Fsp3) is 0.571. The Morgan fingerprint density at radius 3 is 2.68 bits per heavy atom. The molecule has 0 bridgehead atoms. The molecule has 0 spiro atoms. The highest BCUT2D eigenvalue weighted by Gasteiger charge is 2.52. The summed E-state index contributed by atoms with van der Waals surface area (Å²) in [6.07, 6.45) is 1.56. The molecule has 0 saturated heterocycles. The van der Waals surface area contributed by atoms with Gasteiger partial charge in [0.1, 0.15) is 0 Å². The Labute approximate surface area is 123 Å². The number of amides is 1. The molecule has 3 nitrogen and oxygen atoms in total. The Morgan fingerprint density at radius 1 is 1.63 bits per heavy atom. The van der Waals surface area contributed by atoms with Crippen LogP contribution in [0, 0.1) is 11.3 Å². The van der Waals surface area contributed by atoms with Gasteiger partial charge < -0.3 is 10.6 Å². The second kappa shape index (κ2) is 5.21. The van der Waals surface area contributed by atoms with Gasteiger partial charge in [-0.3, -0.25) is 4.79 Å². The maximum absolute atomic E-state index is 12.7. The molecule has 0 radical (unpaired) electrons. The van der Waals surface area contributed by atoms with Crippen LogP contribution in [-0.2, 0) is 4.79 Å². The molecular weight excluding hydrogens is 276 g/mol. The molecule has 1 aliphatic rings. The smallest absolute Gasteiger partial charge is 0.235 e. The average Bonchev–Trinajstić information content (AvgIpc) is 2.85. The van der Waals surface area contributed by atoms with E-state index in [0.29, 0.717) is 10.9 Å². The summed E-state index contributed by atoms with van der Waals surface area (Å²) in [7, 11) is 1.84. The number of carbonyl (C=O) groups excluding carboxylic acids is 1. The molecule has 0 aromatic carbocycles. The van der Waals surface area contributed by atoms with Gasteiger partial charge in [0.15, 0.2) is 0 Å². The van der Waals surface area contributed by atoms with Crippen molar-refractivity contribution in [2.45, 2.75) is 32.7 Å². The minimum Gasteiger partial charge on any atom is -0.392 e. The highest BCUT2D eigenvalue weighted by atomic mass is 32.1. The predicted molar refractivity (Wildman–Crippen MR) is 83.1 cm³/mol. The van der Waals surface area contributed by atoms with E-state index in [2.05, 4.69) is 13.0 Å². The van der Waals surface area contributed by atoms with Gasteiger partial charge >= 0.3 is 0 Å². The molecule has 1 unspecified atom stereocenters. The second-order valence-corrected chi connectivity index (χ2v) is 6.99. The number of thiophene rings is 1. The molecule has 2 N–H and O–H groups in total. The zero-order valence-corrected chi connectivity index (χ0v) is 13.2.